The summed E-state index contributed by atoms with van der Waals surface area (Å²) in [6, 6.07) is 13.3. The number of imidazole rings is 1. The SMILES string of the molecule is CC(C)[C@H](NC(=O)c1ccc(S(C)(=O)=O)cc1)c1nc2ccccc2[nH]1. The molecule has 0 unspecified atom stereocenters. The highest BCUT2D eigenvalue weighted by atomic mass is 32.2. The van der Waals surface area contributed by atoms with E-state index in [-0.39, 0.29) is 22.8 Å². The summed E-state index contributed by atoms with van der Waals surface area (Å²) >= 11 is 0. The Balaban J connectivity index is 1.84. The van der Waals surface area contributed by atoms with Gasteiger partial charge in [-0.25, -0.2) is 13.4 Å². The van der Waals surface area contributed by atoms with Crippen LogP contribution in [0.1, 0.15) is 36.1 Å². The number of carbonyl (C=O) groups excluding carboxylic acids is 1. The minimum absolute atomic E-state index is 0.120. The average Bonchev–Trinajstić information content (AvgIpc) is 3.02. The summed E-state index contributed by atoms with van der Waals surface area (Å²) in [6.07, 6.45) is 1.14. The minimum atomic E-state index is -3.29. The molecule has 26 heavy (non-hydrogen) atoms. The van der Waals surface area contributed by atoms with Gasteiger partial charge < -0.3 is 10.3 Å². The average molecular weight is 371 g/mol. The van der Waals surface area contributed by atoms with E-state index in [2.05, 4.69) is 15.3 Å². The van der Waals surface area contributed by atoms with Crippen LogP contribution >= 0.6 is 0 Å². The number of aromatic nitrogens is 2. The number of para-hydroxylation sites is 2. The Morgan fingerprint density at radius 3 is 2.31 bits per heavy atom. The summed E-state index contributed by atoms with van der Waals surface area (Å²) in [6.45, 7) is 4.01. The summed E-state index contributed by atoms with van der Waals surface area (Å²) in [5.74, 6) is 0.543. The zero-order chi connectivity index (χ0) is 18.9. The molecule has 0 radical (unpaired) electrons. The maximum Gasteiger partial charge on any atom is 0.251 e. The van der Waals surface area contributed by atoms with Gasteiger partial charge in [0.2, 0.25) is 0 Å². The van der Waals surface area contributed by atoms with Crippen LogP contribution in [0.15, 0.2) is 53.4 Å². The molecule has 136 valence electrons. The van der Waals surface area contributed by atoms with E-state index in [4.69, 9.17) is 0 Å². The first-order valence-corrected chi connectivity index (χ1v) is 10.2. The van der Waals surface area contributed by atoms with Gasteiger partial charge in [-0.05, 0) is 42.3 Å². The van der Waals surface area contributed by atoms with Crippen molar-refractivity contribution in [1.29, 1.82) is 0 Å². The van der Waals surface area contributed by atoms with Crippen molar-refractivity contribution < 1.29 is 13.2 Å². The molecular weight excluding hydrogens is 350 g/mol. The number of hydrogen-bond donors (Lipinski definition) is 2. The standard InChI is InChI=1S/C19H21N3O3S/c1-12(2)17(18-20-15-6-4-5-7-16(15)21-18)22-19(23)13-8-10-14(11-9-13)26(3,24)25/h4-12,17H,1-3H3,(H,20,21)(H,22,23)/t17-/m0/s1. The van der Waals surface area contributed by atoms with Gasteiger partial charge in [0.1, 0.15) is 5.82 Å². The Morgan fingerprint density at radius 1 is 1.08 bits per heavy atom. The van der Waals surface area contributed by atoms with Crippen molar-refractivity contribution in [2.24, 2.45) is 5.92 Å². The highest BCUT2D eigenvalue weighted by Gasteiger charge is 2.22. The van der Waals surface area contributed by atoms with Crippen LogP contribution in [0.2, 0.25) is 0 Å². The Morgan fingerprint density at radius 2 is 1.73 bits per heavy atom. The largest absolute Gasteiger partial charge is 0.342 e. The van der Waals surface area contributed by atoms with E-state index in [9.17, 15) is 13.2 Å². The molecule has 0 aliphatic carbocycles. The molecule has 1 aromatic heterocycles. The van der Waals surface area contributed by atoms with Gasteiger partial charge in [0.25, 0.3) is 5.91 Å². The van der Waals surface area contributed by atoms with Crippen LogP contribution in [0.5, 0.6) is 0 Å². The number of H-pyrrole nitrogens is 1. The highest BCUT2D eigenvalue weighted by Crippen LogP contribution is 2.23. The van der Waals surface area contributed by atoms with Crippen molar-refractivity contribution in [3.05, 3.63) is 59.9 Å². The van der Waals surface area contributed by atoms with Gasteiger partial charge in [0.05, 0.1) is 22.0 Å². The Kier molecular flexibility index (Phi) is 4.82. The molecule has 2 N–H and O–H groups in total. The van der Waals surface area contributed by atoms with Crippen molar-refractivity contribution in [2.75, 3.05) is 6.26 Å². The molecule has 2 aromatic carbocycles. The maximum atomic E-state index is 12.6. The van der Waals surface area contributed by atoms with E-state index in [1.165, 1.54) is 24.3 Å². The van der Waals surface area contributed by atoms with E-state index >= 15 is 0 Å². The first-order valence-electron chi connectivity index (χ1n) is 8.31. The molecule has 0 saturated heterocycles. The Bertz CT molecular complexity index is 1000. The lowest BCUT2D eigenvalue weighted by molar-refractivity contribution is 0.0923. The normalized spacial score (nSPS) is 13.1. The number of fused-ring (bicyclic) bond motifs is 1. The monoisotopic (exact) mass is 371 g/mol. The first kappa shape index (κ1) is 18.1. The van der Waals surface area contributed by atoms with Crippen LogP contribution in [0, 0.1) is 5.92 Å². The Hall–Kier alpha value is -2.67. The number of hydrogen-bond acceptors (Lipinski definition) is 4. The molecule has 0 bridgehead atoms. The van der Waals surface area contributed by atoms with Gasteiger partial charge in [-0.1, -0.05) is 26.0 Å². The molecule has 0 fully saturated rings. The van der Waals surface area contributed by atoms with Crippen LogP contribution < -0.4 is 5.32 Å². The minimum Gasteiger partial charge on any atom is -0.342 e. The number of sulfone groups is 1. The van der Waals surface area contributed by atoms with Crippen molar-refractivity contribution in [2.45, 2.75) is 24.8 Å². The van der Waals surface area contributed by atoms with Crippen molar-refractivity contribution in [3.63, 3.8) is 0 Å². The fourth-order valence-corrected chi connectivity index (χ4v) is 3.38. The molecule has 1 amide bonds. The van der Waals surface area contributed by atoms with Crippen LogP contribution in [-0.4, -0.2) is 30.5 Å². The fourth-order valence-electron chi connectivity index (χ4n) is 2.75. The predicted molar refractivity (Wildman–Crippen MR) is 101 cm³/mol. The Labute approximate surface area is 152 Å². The topological polar surface area (TPSA) is 91.9 Å². The lowest BCUT2D eigenvalue weighted by atomic mass is 10.0. The zero-order valence-electron chi connectivity index (χ0n) is 14.9. The third-order valence-electron chi connectivity index (χ3n) is 4.20. The number of carbonyl (C=O) groups is 1. The predicted octanol–water partition coefficient (Wildman–Crippen LogP) is 3.09. The lowest BCUT2D eigenvalue weighted by Crippen LogP contribution is -2.32. The van der Waals surface area contributed by atoms with Crippen LogP contribution in [0.4, 0.5) is 0 Å². The van der Waals surface area contributed by atoms with E-state index in [1.807, 2.05) is 38.1 Å². The summed E-state index contributed by atoms with van der Waals surface area (Å²) in [5.41, 5.74) is 2.17. The molecule has 7 heteroatoms. The number of rotatable bonds is 5. The molecule has 0 aliphatic rings. The smallest absolute Gasteiger partial charge is 0.251 e. The van der Waals surface area contributed by atoms with Gasteiger partial charge in [-0.15, -0.1) is 0 Å². The number of amides is 1. The molecule has 0 spiro atoms. The summed E-state index contributed by atoms with van der Waals surface area (Å²) in [4.78, 5) is 20.6. The van der Waals surface area contributed by atoms with Crippen LogP contribution in [0.3, 0.4) is 0 Å². The molecule has 0 aliphatic heterocycles. The lowest BCUT2D eigenvalue weighted by Gasteiger charge is -2.20. The van der Waals surface area contributed by atoms with Crippen LogP contribution in [0.25, 0.3) is 11.0 Å². The molecular formula is C19H21N3O3S. The van der Waals surface area contributed by atoms with E-state index in [0.717, 1.165) is 17.3 Å². The summed E-state index contributed by atoms with van der Waals surface area (Å²) < 4.78 is 23.1. The second-order valence-corrected chi connectivity index (χ2v) is 8.65. The van der Waals surface area contributed by atoms with Gasteiger partial charge >= 0.3 is 0 Å². The molecule has 1 heterocycles. The van der Waals surface area contributed by atoms with E-state index in [0.29, 0.717) is 11.4 Å². The molecule has 0 saturated carbocycles. The number of aromatic amines is 1. The summed E-state index contributed by atoms with van der Waals surface area (Å²) in [7, 11) is -3.29. The van der Waals surface area contributed by atoms with E-state index in [1.54, 1.807) is 0 Å². The van der Waals surface area contributed by atoms with E-state index < -0.39 is 9.84 Å². The van der Waals surface area contributed by atoms with Gasteiger partial charge in [0.15, 0.2) is 9.84 Å². The maximum absolute atomic E-state index is 12.6. The second kappa shape index (κ2) is 6.92. The van der Waals surface area contributed by atoms with Crippen molar-refractivity contribution in [1.82, 2.24) is 15.3 Å². The molecule has 1 atom stereocenters. The molecule has 3 rings (SSSR count). The number of nitrogens with one attached hydrogen (secondary N) is 2. The van der Waals surface area contributed by atoms with Gasteiger partial charge in [0, 0.05) is 11.8 Å². The van der Waals surface area contributed by atoms with Crippen molar-refractivity contribution in [3.8, 4) is 0 Å². The zero-order valence-corrected chi connectivity index (χ0v) is 15.7. The molecule has 6 nitrogen and oxygen atoms in total. The number of nitrogens with zero attached hydrogens (tertiary/aromatic N) is 1. The third kappa shape index (κ3) is 3.77. The fraction of sp³-hybridized carbons (Fsp3) is 0.263. The summed E-state index contributed by atoms with van der Waals surface area (Å²) in [5, 5.41) is 2.99. The highest BCUT2D eigenvalue weighted by molar-refractivity contribution is 7.90. The van der Waals surface area contributed by atoms with Gasteiger partial charge in [-0.2, -0.15) is 0 Å². The van der Waals surface area contributed by atoms with Crippen molar-refractivity contribution >= 4 is 26.8 Å². The quantitative estimate of drug-likeness (QED) is 0.721. The second-order valence-electron chi connectivity index (χ2n) is 6.63. The first-order chi connectivity index (χ1) is 12.3. The van der Waals surface area contributed by atoms with Crippen LogP contribution in [-0.2, 0) is 9.84 Å². The molecule has 3 aromatic rings. The van der Waals surface area contributed by atoms with Gasteiger partial charge in [-0.3, -0.25) is 4.79 Å². The number of benzene rings is 2. The third-order valence-corrected chi connectivity index (χ3v) is 5.33.